The van der Waals surface area contributed by atoms with Gasteiger partial charge in [-0.3, -0.25) is 9.20 Å². The van der Waals surface area contributed by atoms with Crippen LogP contribution in [-0.2, 0) is 0 Å². The van der Waals surface area contributed by atoms with Crippen LogP contribution < -0.4 is 19.5 Å². The third kappa shape index (κ3) is 5.33. The molecule has 1 aromatic carbocycles. The van der Waals surface area contributed by atoms with Gasteiger partial charge in [-0.2, -0.15) is 8.78 Å². The highest BCUT2D eigenvalue weighted by Crippen LogP contribution is 2.37. The van der Waals surface area contributed by atoms with Crippen molar-refractivity contribution in [1.82, 2.24) is 14.7 Å². The molecule has 0 radical (unpaired) electrons. The number of ether oxygens (including phenoxy) is 3. The number of hydrogen-bond acceptors (Lipinski definition) is 5. The summed E-state index contributed by atoms with van der Waals surface area (Å²) < 4.78 is 44.5. The molecule has 0 spiro atoms. The van der Waals surface area contributed by atoms with Gasteiger partial charge in [0.2, 0.25) is 0 Å². The summed E-state index contributed by atoms with van der Waals surface area (Å²) in [6, 6.07) is 6.84. The van der Waals surface area contributed by atoms with Crippen molar-refractivity contribution in [3.8, 4) is 28.5 Å². The van der Waals surface area contributed by atoms with Crippen LogP contribution in [0.5, 0.6) is 17.2 Å². The summed E-state index contributed by atoms with van der Waals surface area (Å²) >= 11 is 0. The molecule has 35 heavy (non-hydrogen) atoms. The number of methoxy groups -OCH3 is 1. The van der Waals surface area contributed by atoms with Crippen LogP contribution in [0.15, 0.2) is 36.7 Å². The predicted molar refractivity (Wildman–Crippen MR) is 126 cm³/mol. The maximum Gasteiger partial charge on any atom is 0.387 e. The molecular formula is C26H29F2N3O4. The van der Waals surface area contributed by atoms with Crippen molar-refractivity contribution in [2.75, 3.05) is 13.7 Å². The van der Waals surface area contributed by atoms with Gasteiger partial charge in [-0.05, 0) is 49.8 Å². The first kappa shape index (κ1) is 23.4. The highest BCUT2D eigenvalue weighted by Gasteiger charge is 2.29. The van der Waals surface area contributed by atoms with Gasteiger partial charge in [-0.25, -0.2) is 4.98 Å². The minimum Gasteiger partial charge on any atom is -0.496 e. The molecule has 0 unspecified atom stereocenters. The summed E-state index contributed by atoms with van der Waals surface area (Å²) in [5, 5.41) is 2.81. The number of alkyl halides is 2. The van der Waals surface area contributed by atoms with Crippen molar-refractivity contribution in [3.63, 3.8) is 0 Å². The Balaban J connectivity index is 1.44. The highest BCUT2D eigenvalue weighted by atomic mass is 19.3. The first-order valence-electron chi connectivity index (χ1n) is 12.1. The fourth-order valence-electron chi connectivity index (χ4n) is 4.63. The van der Waals surface area contributed by atoms with Gasteiger partial charge in [0.15, 0.2) is 0 Å². The monoisotopic (exact) mass is 485 g/mol. The van der Waals surface area contributed by atoms with Gasteiger partial charge in [-0.1, -0.05) is 19.3 Å². The molecule has 5 rings (SSSR count). The van der Waals surface area contributed by atoms with Crippen molar-refractivity contribution in [2.24, 2.45) is 5.92 Å². The molecular weight excluding hydrogens is 456 g/mol. The fraction of sp³-hybridized carbons (Fsp3) is 0.462. The van der Waals surface area contributed by atoms with Gasteiger partial charge in [0.25, 0.3) is 5.91 Å². The number of imidazole rings is 1. The lowest BCUT2D eigenvalue weighted by molar-refractivity contribution is -0.0502. The number of nitrogens with zero attached hydrogens (tertiary/aromatic N) is 2. The van der Waals surface area contributed by atoms with Crippen molar-refractivity contribution in [3.05, 3.63) is 42.2 Å². The minimum atomic E-state index is -3.09. The van der Waals surface area contributed by atoms with Crippen LogP contribution in [-0.4, -0.2) is 41.7 Å². The van der Waals surface area contributed by atoms with Crippen LogP contribution in [0, 0.1) is 5.92 Å². The predicted octanol–water partition coefficient (Wildman–Crippen LogP) is 5.46. The number of carbonyl (C=O) groups excluding carboxylic acids is 1. The lowest BCUT2D eigenvalue weighted by atomic mass is 9.90. The molecule has 1 N–H and O–H groups in total. The Morgan fingerprint density at radius 1 is 1.14 bits per heavy atom. The van der Waals surface area contributed by atoms with Gasteiger partial charge in [0, 0.05) is 23.9 Å². The zero-order valence-electron chi connectivity index (χ0n) is 19.6. The Kier molecular flexibility index (Phi) is 6.74. The first-order valence-corrected chi connectivity index (χ1v) is 12.1. The van der Waals surface area contributed by atoms with E-state index in [4.69, 9.17) is 14.2 Å². The van der Waals surface area contributed by atoms with E-state index in [9.17, 15) is 13.6 Å². The Morgan fingerprint density at radius 3 is 2.63 bits per heavy atom. The van der Waals surface area contributed by atoms with Crippen LogP contribution in [0.2, 0.25) is 0 Å². The van der Waals surface area contributed by atoms with E-state index in [0.717, 1.165) is 18.6 Å². The average Bonchev–Trinajstić information content (AvgIpc) is 3.57. The normalized spacial score (nSPS) is 16.5. The second-order valence-electron chi connectivity index (χ2n) is 9.23. The number of amides is 1. The second kappa shape index (κ2) is 10.1. The molecule has 1 amide bonds. The molecule has 2 heterocycles. The Bertz CT molecular complexity index is 1200. The summed E-state index contributed by atoms with van der Waals surface area (Å²) in [5.41, 5.74) is 1.79. The molecule has 0 bridgehead atoms. The molecule has 0 saturated heterocycles. The van der Waals surface area contributed by atoms with Gasteiger partial charge in [0.05, 0.1) is 25.6 Å². The quantitative estimate of drug-likeness (QED) is 0.436. The number of fused-ring (bicyclic) bond motifs is 1. The maximum absolute atomic E-state index is 13.2. The summed E-state index contributed by atoms with van der Waals surface area (Å²) in [6.07, 6.45) is 11.4. The summed E-state index contributed by atoms with van der Waals surface area (Å²) in [5.74, 6) is 0.747. The molecule has 2 saturated carbocycles. The van der Waals surface area contributed by atoms with Gasteiger partial charge < -0.3 is 19.5 Å². The molecule has 3 aromatic rings. The van der Waals surface area contributed by atoms with E-state index in [1.54, 1.807) is 12.3 Å². The summed E-state index contributed by atoms with van der Waals surface area (Å²) in [6.45, 7) is -2.40. The zero-order valence-corrected chi connectivity index (χ0v) is 19.6. The van der Waals surface area contributed by atoms with Crippen molar-refractivity contribution >= 4 is 11.6 Å². The standard InChI is InChI=1S/C26H29F2N3O4/c1-33-21-11-17(12-22(35-26(27)28)24(21)25(32)30-18-7-8-18)20-14-29-23-13-19(9-10-31(20)23)34-15-16-5-3-2-4-6-16/h9-14,16,18,26H,2-8,15H2,1H3,(H,30,32). The summed E-state index contributed by atoms with van der Waals surface area (Å²) in [4.78, 5) is 17.2. The van der Waals surface area contributed by atoms with Gasteiger partial charge in [-0.15, -0.1) is 0 Å². The molecule has 0 atom stereocenters. The molecule has 186 valence electrons. The lowest BCUT2D eigenvalue weighted by Crippen LogP contribution is -2.26. The molecule has 2 aliphatic rings. The van der Waals surface area contributed by atoms with E-state index in [1.165, 1.54) is 45.3 Å². The summed E-state index contributed by atoms with van der Waals surface area (Å²) in [7, 11) is 1.39. The minimum absolute atomic E-state index is 0.0457. The van der Waals surface area contributed by atoms with E-state index >= 15 is 0 Å². The van der Waals surface area contributed by atoms with Crippen molar-refractivity contribution in [2.45, 2.75) is 57.6 Å². The van der Waals surface area contributed by atoms with E-state index in [0.29, 0.717) is 29.4 Å². The van der Waals surface area contributed by atoms with Crippen molar-refractivity contribution in [1.29, 1.82) is 0 Å². The van der Waals surface area contributed by atoms with Gasteiger partial charge in [0.1, 0.15) is 28.5 Å². The topological polar surface area (TPSA) is 74.1 Å². The van der Waals surface area contributed by atoms with Crippen LogP contribution in [0.4, 0.5) is 8.78 Å². The molecule has 2 aromatic heterocycles. The van der Waals surface area contributed by atoms with Crippen LogP contribution >= 0.6 is 0 Å². The van der Waals surface area contributed by atoms with E-state index in [1.807, 2.05) is 22.7 Å². The number of carbonyl (C=O) groups is 1. The SMILES string of the molecule is COc1cc(-c2cnc3cc(OCC4CCCCC4)ccn23)cc(OC(F)F)c1C(=O)NC1CC1. The molecule has 2 fully saturated rings. The highest BCUT2D eigenvalue weighted by molar-refractivity contribution is 6.01. The Morgan fingerprint density at radius 2 is 1.91 bits per heavy atom. The molecule has 0 aliphatic heterocycles. The van der Waals surface area contributed by atoms with Crippen molar-refractivity contribution < 1.29 is 27.8 Å². The third-order valence-electron chi connectivity index (χ3n) is 6.63. The van der Waals surface area contributed by atoms with Gasteiger partial charge >= 0.3 is 6.61 Å². The van der Waals surface area contributed by atoms with E-state index in [-0.39, 0.29) is 23.1 Å². The van der Waals surface area contributed by atoms with E-state index < -0.39 is 12.5 Å². The third-order valence-corrected chi connectivity index (χ3v) is 6.63. The number of hydrogen-bond donors (Lipinski definition) is 1. The smallest absolute Gasteiger partial charge is 0.387 e. The number of halogens is 2. The zero-order chi connectivity index (χ0) is 24.4. The number of pyridine rings is 1. The lowest BCUT2D eigenvalue weighted by Gasteiger charge is -2.21. The molecule has 7 nitrogen and oxygen atoms in total. The number of aromatic nitrogens is 2. The molecule has 2 aliphatic carbocycles. The second-order valence-corrected chi connectivity index (χ2v) is 9.23. The van der Waals surface area contributed by atoms with Crippen LogP contribution in [0.1, 0.15) is 55.3 Å². The maximum atomic E-state index is 13.2. The van der Waals surface area contributed by atoms with Crippen LogP contribution in [0.3, 0.4) is 0 Å². The number of rotatable bonds is 9. The Labute approximate surface area is 202 Å². The first-order chi connectivity index (χ1) is 17.0. The molecule has 9 heteroatoms. The van der Waals surface area contributed by atoms with E-state index in [2.05, 4.69) is 10.3 Å². The fourth-order valence-corrected chi connectivity index (χ4v) is 4.63. The van der Waals surface area contributed by atoms with Crippen LogP contribution in [0.25, 0.3) is 16.9 Å². The number of nitrogens with one attached hydrogen (secondary N) is 1. The Hall–Kier alpha value is -3.36. The average molecular weight is 486 g/mol. The number of benzene rings is 1. The largest absolute Gasteiger partial charge is 0.496 e.